The molecule has 0 bridgehead atoms. The lowest BCUT2D eigenvalue weighted by Gasteiger charge is -2.17. The van der Waals surface area contributed by atoms with E-state index in [1.165, 1.54) is 11.0 Å². The number of nitrogens with zero attached hydrogens (tertiary/aromatic N) is 4. The molecule has 9 heteroatoms. The fraction of sp³-hybridized carbons (Fsp3) is 0.389. The summed E-state index contributed by atoms with van der Waals surface area (Å²) in [6, 6.07) is 4.74. The van der Waals surface area contributed by atoms with E-state index in [9.17, 15) is 13.4 Å². The molecule has 27 heavy (non-hydrogen) atoms. The first-order valence-corrected chi connectivity index (χ1v) is 10.2. The van der Waals surface area contributed by atoms with Gasteiger partial charge in [-0.1, -0.05) is 11.3 Å². The summed E-state index contributed by atoms with van der Waals surface area (Å²) in [7, 11) is -0.852. The van der Waals surface area contributed by atoms with Crippen LogP contribution < -0.4 is 4.90 Å². The standard InChI is InChI=1S/C18H19FN4O3S/c1-12-9-22(21-20-12)10-15-11-23(18(24)26-15)14-2-3-16(17(19)8-14)13-4-6-27(25)7-5-13/h2-4,8-9,15H,5-7,10-11H2,1H3/t15-,27?/m1/s1. The summed E-state index contributed by atoms with van der Waals surface area (Å²) in [6.45, 7) is 2.55. The van der Waals surface area contributed by atoms with Gasteiger partial charge in [0.05, 0.1) is 24.5 Å². The zero-order valence-corrected chi connectivity index (χ0v) is 15.6. The van der Waals surface area contributed by atoms with Crippen molar-refractivity contribution in [2.75, 3.05) is 23.0 Å². The zero-order valence-electron chi connectivity index (χ0n) is 14.8. The van der Waals surface area contributed by atoms with E-state index in [-0.39, 0.29) is 6.10 Å². The van der Waals surface area contributed by atoms with Crippen molar-refractivity contribution in [3.63, 3.8) is 0 Å². The SMILES string of the molecule is Cc1cn(C[C@@H]2CN(c3ccc(C4=CCS(=O)CC4)c(F)c3)C(=O)O2)nn1. The summed E-state index contributed by atoms with van der Waals surface area (Å²) in [6.07, 6.45) is 3.32. The Morgan fingerprint density at radius 1 is 1.41 bits per heavy atom. The van der Waals surface area contributed by atoms with Gasteiger partial charge in [0.1, 0.15) is 11.9 Å². The summed E-state index contributed by atoms with van der Waals surface area (Å²) in [4.78, 5) is 13.6. The fourth-order valence-corrected chi connectivity index (χ4v) is 4.30. The largest absolute Gasteiger partial charge is 0.442 e. The molecule has 1 aromatic heterocycles. The molecule has 1 unspecified atom stereocenters. The van der Waals surface area contributed by atoms with Gasteiger partial charge in [-0.15, -0.1) is 5.10 Å². The molecule has 0 aliphatic carbocycles. The predicted molar refractivity (Wildman–Crippen MR) is 99.2 cm³/mol. The highest BCUT2D eigenvalue weighted by atomic mass is 32.2. The second-order valence-electron chi connectivity index (χ2n) is 6.65. The number of aromatic nitrogens is 3. The van der Waals surface area contributed by atoms with E-state index < -0.39 is 22.7 Å². The van der Waals surface area contributed by atoms with Crippen LogP contribution in [0.3, 0.4) is 0 Å². The van der Waals surface area contributed by atoms with Gasteiger partial charge in [0.25, 0.3) is 0 Å². The van der Waals surface area contributed by atoms with Crippen LogP contribution in [0.4, 0.5) is 14.9 Å². The van der Waals surface area contributed by atoms with Gasteiger partial charge in [-0.3, -0.25) is 9.11 Å². The Morgan fingerprint density at radius 2 is 2.26 bits per heavy atom. The van der Waals surface area contributed by atoms with E-state index in [2.05, 4.69) is 10.3 Å². The Labute approximate surface area is 158 Å². The normalized spacial score (nSPS) is 22.7. The van der Waals surface area contributed by atoms with Crippen LogP contribution in [-0.2, 0) is 22.1 Å². The molecule has 2 atom stereocenters. The Morgan fingerprint density at radius 3 is 2.93 bits per heavy atom. The molecular formula is C18H19FN4O3S. The van der Waals surface area contributed by atoms with Crippen LogP contribution >= 0.6 is 0 Å². The van der Waals surface area contributed by atoms with E-state index in [4.69, 9.17) is 4.74 Å². The smallest absolute Gasteiger partial charge is 0.414 e. The van der Waals surface area contributed by atoms with Crippen molar-refractivity contribution in [2.45, 2.75) is 26.0 Å². The molecule has 0 radical (unpaired) electrons. The molecular weight excluding hydrogens is 371 g/mol. The number of carbonyl (C=O) groups is 1. The molecule has 2 aliphatic heterocycles. The number of benzene rings is 1. The quantitative estimate of drug-likeness (QED) is 0.801. The predicted octanol–water partition coefficient (Wildman–Crippen LogP) is 2.29. The first kappa shape index (κ1) is 17.8. The molecule has 1 fully saturated rings. The van der Waals surface area contributed by atoms with E-state index >= 15 is 0 Å². The van der Waals surface area contributed by atoms with Crippen molar-refractivity contribution < 1.29 is 18.1 Å². The van der Waals surface area contributed by atoms with Crippen LogP contribution in [0.15, 0.2) is 30.5 Å². The minimum atomic E-state index is -0.852. The van der Waals surface area contributed by atoms with E-state index in [1.54, 1.807) is 23.0 Å². The molecule has 7 nitrogen and oxygen atoms in total. The summed E-state index contributed by atoms with van der Waals surface area (Å²) < 4.78 is 33.1. The Balaban J connectivity index is 1.49. The summed E-state index contributed by atoms with van der Waals surface area (Å²) >= 11 is 0. The molecule has 142 valence electrons. The molecule has 1 saturated heterocycles. The summed E-state index contributed by atoms with van der Waals surface area (Å²) in [5.41, 5.74) is 2.60. The Bertz CT molecular complexity index is 942. The second kappa shape index (κ2) is 7.22. The van der Waals surface area contributed by atoms with E-state index in [0.29, 0.717) is 42.3 Å². The molecule has 2 aliphatic rings. The highest BCUT2D eigenvalue weighted by Gasteiger charge is 2.33. The number of amides is 1. The summed E-state index contributed by atoms with van der Waals surface area (Å²) in [5, 5.41) is 7.86. The average Bonchev–Trinajstić information content (AvgIpc) is 3.21. The molecule has 4 rings (SSSR count). The number of halogens is 1. The van der Waals surface area contributed by atoms with Crippen LogP contribution in [0, 0.1) is 12.7 Å². The molecule has 0 saturated carbocycles. The van der Waals surface area contributed by atoms with Gasteiger partial charge < -0.3 is 4.74 Å². The van der Waals surface area contributed by atoms with Gasteiger partial charge >= 0.3 is 6.09 Å². The maximum atomic E-state index is 14.6. The highest BCUT2D eigenvalue weighted by molar-refractivity contribution is 7.85. The lowest BCUT2D eigenvalue weighted by molar-refractivity contribution is 0.129. The lowest BCUT2D eigenvalue weighted by Crippen LogP contribution is -2.26. The molecule has 3 heterocycles. The van der Waals surface area contributed by atoms with Crippen LogP contribution in [-0.4, -0.2) is 49.5 Å². The number of hydrogen-bond donors (Lipinski definition) is 0. The summed E-state index contributed by atoms with van der Waals surface area (Å²) in [5.74, 6) is 0.613. The first-order valence-electron chi connectivity index (χ1n) is 8.68. The van der Waals surface area contributed by atoms with Gasteiger partial charge in [-0.05, 0) is 37.1 Å². The Hall–Kier alpha value is -2.55. The number of hydrogen-bond acceptors (Lipinski definition) is 5. The second-order valence-corrected chi connectivity index (χ2v) is 8.27. The van der Waals surface area contributed by atoms with Crippen LogP contribution in [0.25, 0.3) is 5.57 Å². The third-order valence-electron chi connectivity index (χ3n) is 4.64. The van der Waals surface area contributed by atoms with E-state index in [1.807, 2.05) is 13.0 Å². The molecule has 0 N–H and O–H groups in total. The van der Waals surface area contributed by atoms with Crippen LogP contribution in [0.2, 0.25) is 0 Å². The van der Waals surface area contributed by atoms with Gasteiger partial charge in [-0.2, -0.15) is 0 Å². The molecule has 0 spiro atoms. The lowest BCUT2D eigenvalue weighted by atomic mass is 10.0. The maximum absolute atomic E-state index is 14.6. The topological polar surface area (TPSA) is 77.3 Å². The van der Waals surface area contributed by atoms with Crippen LogP contribution in [0.5, 0.6) is 0 Å². The molecule has 1 aromatic carbocycles. The van der Waals surface area contributed by atoms with Crippen molar-refractivity contribution in [3.05, 3.63) is 47.5 Å². The minimum absolute atomic E-state index is 0.318. The van der Waals surface area contributed by atoms with Crippen molar-refractivity contribution in [3.8, 4) is 0 Å². The van der Waals surface area contributed by atoms with Gasteiger partial charge in [0, 0.05) is 34.1 Å². The van der Waals surface area contributed by atoms with Gasteiger partial charge in [0.2, 0.25) is 0 Å². The Kier molecular flexibility index (Phi) is 4.77. The van der Waals surface area contributed by atoms with Crippen molar-refractivity contribution in [1.29, 1.82) is 0 Å². The zero-order chi connectivity index (χ0) is 19.0. The van der Waals surface area contributed by atoms with Crippen LogP contribution in [0.1, 0.15) is 17.7 Å². The number of carbonyl (C=O) groups excluding carboxylic acids is 1. The number of cyclic esters (lactones) is 1. The van der Waals surface area contributed by atoms with E-state index in [0.717, 1.165) is 11.3 Å². The average molecular weight is 390 g/mol. The third-order valence-corrected chi connectivity index (χ3v) is 5.84. The first-order chi connectivity index (χ1) is 13.0. The van der Waals surface area contributed by atoms with Crippen molar-refractivity contribution in [2.24, 2.45) is 0 Å². The fourth-order valence-electron chi connectivity index (χ4n) is 3.30. The molecule has 1 amide bonds. The minimum Gasteiger partial charge on any atom is -0.442 e. The molecule has 2 aromatic rings. The monoisotopic (exact) mass is 390 g/mol. The highest BCUT2D eigenvalue weighted by Crippen LogP contribution is 2.29. The number of allylic oxidation sites excluding steroid dienone is 1. The number of anilines is 1. The third kappa shape index (κ3) is 3.78. The number of ether oxygens (including phenoxy) is 1. The van der Waals surface area contributed by atoms with Crippen molar-refractivity contribution >= 4 is 28.2 Å². The van der Waals surface area contributed by atoms with Gasteiger partial charge in [-0.25, -0.2) is 13.9 Å². The maximum Gasteiger partial charge on any atom is 0.414 e. The number of rotatable bonds is 4. The number of aryl methyl sites for hydroxylation is 1. The van der Waals surface area contributed by atoms with Gasteiger partial charge in [0.15, 0.2) is 0 Å². The van der Waals surface area contributed by atoms with Crippen molar-refractivity contribution in [1.82, 2.24) is 15.0 Å².